The van der Waals surface area contributed by atoms with Gasteiger partial charge in [0, 0.05) is 6.20 Å². The number of rotatable bonds is 2. The lowest BCUT2D eigenvalue weighted by atomic mass is 10.3. The van der Waals surface area contributed by atoms with E-state index in [0.29, 0.717) is 0 Å². The van der Waals surface area contributed by atoms with Gasteiger partial charge in [0.1, 0.15) is 10.4 Å². The molecule has 0 N–H and O–H groups in total. The number of hydrogen-bond acceptors (Lipinski definition) is 2. The molecule has 0 fully saturated rings. The number of halogens is 1. The Bertz CT molecular complexity index is 422. The fourth-order valence-corrected chi connectivity index (χ4v) is 1.47. The second-order valence-electron chi connectivity index (χ2n) is 2.78. The topological polar surface area (TPSA) is 27.1 Å². The predicted octanol–water partition coefficient (Wildman–Crippen LogP) is 2.64. The van der Waals surface area contributed by atoms with Crippen LogP contribution >= 0.6 is 15.9 Å². The molecule has 2 rings (SSSR count). The summed E-state index contributed by atoms with van der Waals surface area (Å²) in [5, 5.41) is 4.23. The molecule has 1 aromatic heterocycles. The normalized spacial score (nSPS) is 10.1. The van der Waals surface area contributed by atoms with Gasteiger partial charge < -0.3 is 4.74 Å². The van der Waals surface area contributed by atoms with E-state index >= 15 is 0 Å². The van der Waals surface area contributed by atoms with Gasteiger partial charge in [-0.3, -0.25) is 0 Å². The lowest BCUT2D eigenvalue weighted by Crippen LogP contribution is -1.94. The van der Waals surface area contributed by atoms with Crippen molar-refractivity contribution in [1.29, 1.82) is 0 Å². The molecule has 0 saturated heterocycles. The molecule has 0 aliphatic heterocycles. The van der Waals surface area contributed by atoms with E-state index < -0.39 is 0 Å². The molecule has 0 radical (unpaired) electrons. The molecule has 1 aromatic carbocycles. The summed E-state index contributed by atoms with van der Waals surface area (Å²) in [6, 6.07) is 9.62. The lowest BCUT2D eigenvalue weighted by Gasteiger charge is -2.02. The van der Waals surface area contributed by atoms with Gasteiger partial charge in [-0.05, 0) is 46.3 Å². The highest BCUT2D eigenvalue weighted by atomic mass is 79.9. The summed E-state index contributed by atoms with van der Waals surface area (Å²) in [6.07, 6.45) is 1.89. The largest absolute Gasteiger partial charge is 0.497 e. The highest BCUT2D eigenvalue weighted by Gasteiger charge is 1.98. The van der Waals surface area contributed by atoms with Crippen LogP contribution in [0.3, 0.4) is 0 Å². The summed E-state index contributed by atoms with van der Waals surface area (Å²) in [5.74, 6) is 0.847. The predicted molar refractivity (Wildman–Crippen MR) is 57.8 cm³/mol. The highest BCUT2D eigenvalue weighted by Crippen LogP contribution is 2.15. The van der Waals surface area contributed by atoms with Crippen molar-refractivity contribution < 1.29 is 4.74 Å². The first kappa shape index (κ1) is 9.27. The average Bonchev–Trinajstić information content (AvgIpc) is 2.65. The van der Waals surface area contributed by atoms with Crippen molar-refractivity contribution in [2.24, 2.45) is 0 Å². The first-order valence-corrected chi connectivity index (χ1v) is 4.94. The quantitative estimate of drug-likeness (QED) is 0.822. The smallest absolute Gasteiger partial charge is 0.128 e. The Morgan fingerprint density at radius 2 is 1.93 bits per heavy atom. The Balaban J connectivity index is 2.33. The monoisotopic (exact) mass is 252 g/mol. The molecule has 0 aliphatic carbocycles. The zero-order chi connectivity index (χ0) is 9.97. The van der Waals surface area contributed by atoms with E-state index in [-0.39, 0.29) is 0 Å². The molecule has 0 atom stereocenters. The Kier molecular flexibility index (Phi) is 2.54. The summed E-state index contributed by atoms with van der Waals surface area (Å²) < 4.78 is 7.69. The fraction of sp³-hybridized carbons (Fsp3) is 0.100. The van der Waals surface area contributed by atoms with E-state index in [4.69, 9.17) is 4.74 Å². The molecule has 4 heteroatoms. The van der Waals surface area contributed by atoms with Crippen LogP contribution in [0.1, 0.15) is 0 Å². The number of hydrogen-bond donors (Lipinski definition) is 0. The van der Waals surface area contributed by atoms with Gasteiger partial charge in [-0.25, -0.2) is 4.68 Å². The van der Waals surface area contributed by atoms with Crippen molar-refractivity contribution >= 4 is 15.9 Å². The van der Waals surface area contributed by atoms with E-state index in [1.165, 1.54) is 0 Å². The van der Waals surface area contributed by atoms with E-state index in [1.54, 1.807) is 11.8 Å². The first-order valence-electron chi connectivity index (χ1n) is 4.15. The molecule has 0 spiro atoms. The third-order valence-corrected chi connectivity index (χ3v) is 2.32. The van der Waals surface area contributed by atoms with Crippen molar-refractivity contribution in [2.75, 3.05) is 7.11 Å². The Morgan fingerprint density at radius 1 is 1.21 bits per heavy atom. The number of ether oxygens (including phenoxy) is 1. The van der Waals surface area contributed by atoms with Crippen LogP contribution in [-0.2, 0) is 0 Å². The van der Waals surface area contributed by atoms with Crippen LogP contribution in [0, 0.1) is 0 Å². The molecule has 3 nitrogen and oxygen atoms in total. The minimum Gasteiger partial charge on any atom is -0.497 e. The van der Waals surface area contributed by atoms with Crippen LogP contribution in [0.4, 0.5) is 0 Å². The van der Waals surface area contributed by atoms with Gasteiger partial charge in [0.25, 0.3) is 0 Å². The van der Waals surface area contributed by atoms with Gasteiger partial charge >= 0.3 is 0 Å². The molecule has 0 bridgehead atoms. The van der Waals surface area contributed by atoms with Crippen LogP contribution < -0.4 is 4.74 Å². The van der Waals surface area contributed by atoms with Crippen LogP contribution in [0.25, 0.3) is 5.69 Å². The van der Waals surface area contributed by atoms with Crippen LogP contribution in [0.15, 0.2) is 41.1 Å². The van der Waals surface area contributed by atoms with Gasteiger partial charge in [-0.2, -0.15) is 5.10 Å². The molecular weight excluding hydrogens is 244 g/mol. The third kappa shape index (κ3) is 1.80. The lowest BCUT2D eigenvalue weighted by molar-refractivity contribution is 0.414. The number of benzene rings is 1. The number of aromatic nitrogens is 2. The molecule has 0 amide bonds. The first-order chi connectivity index (χ1) is 6.79. The zero-order valence-electron chi connectivity index (χ0n) is 7.64. The van der Waals surface area contributed by atoms with E-state index in [9.17, 15) is 0 Å². The van der Waals surface area contributed by atoms with Gasteiger partial charge in [0.05, 0.1) is 12.8 Å². The van der Waals surface area contributed by atoms with Crippen LogP contribution in [0.5, 0.6) is 5.75 Å². The van der Waals surface area contributed by atoms with E-state index in [1.807, 2.05) is 36.5 Å². The van der Waals surface area contributed by atoms with Crippen LogP contribution in [-0.4, -0.2) is 16.9 Å². The van der Waals surface area contributed by atoms with Crippen molar-refractivity contribution in [3.8, 4) is 11.4 Å². The van der Waals surface area contributed by atoms with Crippen LogP contribution in [0.2, 0.25) is 0 Å². The SMILES string of the molecule is COc1ccc(-n2ccc(Br)n2)cc1. The maximum atomic E-state index is 5.07. The van der Waals surface area contributed by atoms with E-state index in [2.05, 4.69) is 21.0 Å². The minimum atomic E-state index is 0.827. The van der Waals surface area contributed by atoms with E-state index in [0.717, 1.165) is 16.0 Å². The van der Waals surface area contributed by atoms with Crippen molar-refractivity contribution in [3.05, 3.63) is 41.1 Å². The summed E-state index contributed by atoms with van der Waals surface area (Å²) in [5.41, 5.74) is 1.01. The second-order valence-corrected chi connectivity index (χ2v) is 3.59. The van der Waals surface area contributed by atoms with Gasteiger partial charge in [-0.15, -0.1) is 0 Å². The molecule has 2 aromatic rings. The molecular formula is C10H9BrN2O. The summed E-state index contributed by atoms with van der Waals surface area (Å²) in [6.45, 7) is 0. The van der Waals surface area contributed by atoms with Crippen molar-refractivity contribution in [1.82, 2.24) is 9.78 Å². The average molecular weight is 253 g/mol. The molecule has 14 heavy (non-hydrogen) atoms. The summed E-state index contributed by atoms with van der Waals surface area (Å²) >= 11 is 3.30. The fourth-order valence-electron chi connectivity index (χ4n) is 1.18. The van der Waals surface area contributed by atoms with Gasteiger partial charge in [-0.1, -0.05) is 0 Å². The minimum absolute atomic E-state index is 0.827. The Labute approximate surface area is 90.4 Å². The maximum Gasteiger partial charge on any atom is 0.128 e. The maximum absolute atomic E-state index is 5.07. The molecule has 0 unspecified atom stereocenters. The molecule has 72 valence electrons. The molecule has 0 saturated carbocycles. The Hall–Kier alpha value is -1.29. The molecule has 1 heterocycles. The number of nitrogens with zero attached hydrogens (tertiary/aromatic N) is 2. The van der Waals surface area contributed by atoms with Crippen molar-refractivity contribution in [2.45, 2.75) is 0 Å². The zero-order valence-corrected chi connectivity index (χ0v) is 9.23. The third-order valence-electron chi connectivity index (χ3n) is 1.89. The second kappa shape index (κ2) is 3.84. The highest BCUT2D eigenvalue weighted by molar-refractivity contribution is 9.10. The van der Waals surface area contributed by atoms with Crippen molar-refractivity contribution in [3.63, 3.8) is 0 Å². The summed E-state index contributed by atoms with van der Waals surface area (Å²) in [7, 11) is 1.65. The summed E-state index contributed by atoms with van der Waals surface area (Å²) in [4.78, 5) is 0. The van der Waals surface area contributed by atoms with Gasteiger partial charge in [0.15, 0.2) is 0 Å². The number of methoxy groups -OCH3 is 1. The standard InChI is InChI=1S/C10H9BrN2O/c1-14-9-4-2-8(3-5-9)13-7-6-10(11)12-13/h2-7H,1H3. The van der Waals surface area contributed by atoms with Gasteiger partial charge in [0.2, 0.25) is 0 Å². The molecule has 0 aliphatic rings. The Morgan fingerprint density at radius 3 is 2.43 bits per heavy atom.